The highest BCUT2D eigenvalue weighted by atomic mass is 35.5. The zero-order valence-electron chi connectivity index (χ0n) is 16.8. The first kappa shape index (κ1) is 24.2. The first-order chi connectivity index (χ1) is 15.7. The van der Waals surface area contributed by atoms with E-state index in [2.05, 4.69) is 10.5 Å². The van der Waals surface area contributed by atoms with E-state index in [-0.39, 0.29) is 26.3 Å². The van der Waals surface area contributed by atoms with E-state index in [9.17, 15) is 23.3 Å². The summed E-state index contributed by atoms with van der Waals surface area (Å²) >= 11 is 12.3. The van der Waals surface area contributed by atoms with Gasteiger partial charge in [0, 0.05) is 17.7 Å². The number of amides is 1. The van der Waals surface area contributed by atoms with E-state index in [1.807, 2.05) is 0 Å². The number of halogens is 2. The van der Waals surface area contributed by atoms with Crippen molar-refractivity contribution in [2.75, 3.05) is 10.8 Å². The second kappa shape index (κ2) is 10.4. The van der Waals surface area contributed by atoms with Crippen LogP contribution in [0.15, 0.2) is 82.8 Å². The van der Waals surface area contributed by atoms with Gasteiger partial charge < -0.3 is 0 Å². The number of rotatable bonds is 8. The summed E-state index contributed by atoms with van der Waals surface area (Å²) in [4.78, 5) is 22.8. The lowest BCUT2D eigenvalue weighted by Crippen LogP contribution is -2.39. The smallest absolute Gasteiger partial charge is 0.270 e. The molecule has 1 N–H and O–H groups in total. The Morgan fingerprint density at radius 2 is 1.76 bits per heavy atom. The van der Waals surface area contributed by atoms with E-state index in [4.69, 9.17) is 23.2 Å². The zero-order valence-corrected chi connectivity index (χ0v) is 19.1. The van der Waals surface area contributed by atoms with Gasteiger partial charge in [-0.3, -0.25) is 19.2 Å². The molecule has 12 heteroatoms. The van der Waals surface area contributed by atoms with Crippen molar-refractivity contribution in [3.05, 3.63) is 98.5 Å². The number of nitro benzene ring substituents is 1. The Balaban J connectivity index is 1.86. The van der Waals surface area contributed by atoms with Crippen molar-refractivity contribution in [3.8, 4) is 0 Å². The van der Waals surface area contributed by atoms with E-state index < -0.39 is 27.4 Å². The molecule has 0 aromatic heterocycles. The van der Waals surface area contributed by atoms with Crippen LogP contribution in [0.5, 0.6) is 0 Å². The quantitative estimate of drug-likeness (QED) is 0.278. The SMILES string of the molecule is O=C(CN(c1cccc(Cl)c1Cl)S(=O)(=O)c1ccccc1)N/N=C/c1cccc([N+](=O)[O-])c1. The third kappa shape index (κ3) is 5.86. The van der Waals surface area contributed by atoms with Gasteiger partial charge in [0.25, 0.3) is 21.6 Å². The molecule has 1 amide bonds. The molecule has 0 aliphatic heterocycles. The number of anilines is 1. The molecule has 0 fully saturated rings. The number of nitrogens with one attached hydrogen (secondary N) is 1. The van der Waals surface area contributed by atoms with Gasteiger partial charge in [0.15, 0.2) is 0 Å². The summed E-state index contributed by atoms with van der Waals surface area (Å²) in [5.41, 5.74) is 2.47. The molecule has 0 saturated carbocycles. The van der Waals surface area contributed by atoms with Gasteiger partial charge in [-0.05, 0) is 24.3 Å². The summed E-state index contributed by atoms with van der Waals surface area (Å²) < 4.78 is 27.4. The fourth-order valence-electron chi connectivity index (χ4n) is 2.77. The average molecular weight is 507 g/mol. The Labute approximate surface area is 199 Å². The maximum Gasteiger partial charge on any atom is 0.270 e. The molecule has 0 heterocycles. The first-order valence-corrected chi connectivity index (χ1v) is 11.5. The van der Waals surface area contributed by atoms with E-state index in [1.54, 1.807) is 24.3 Å². The number of carbonyl (C=O) groups is 1. The number of hydrogen-bond acceptors (Lipinski definition) is 6. The highest BCUT2D eigenvalue weighted by Crippen LogP contribution is 2.35. The molecule has 3 aromatic carbocycles. The number of hydrazone groups is 1. The van der Waals surface area contributed by atoms with Crippen molar-refractivity contribution in [2.45, 2.75) is 4.90 Å². The summed E-state index contributed by atoms with van der Waals surface area (Å²) in [6, 6.07) is 17.6. The lowest BCUT2D eigenvalue weighted by molar-refractivity contribution is -0.384. The summed E-state index contributed by atoms with van der Waals surface area (Å²) in [6.45, 7) is -0.649. The molecule has 0 spiro atoms. The fraction of sp³-hybridized carbons (Fsp3) is 0.0476. The largest absolute Gasteiger partial charge is 0.271 e. The summed E-state index contributed by atoms with van der Waals surface area (Å²) in [6.07, 6.45) is 1.20. The molecule has 9 nitrogen and oxygen atoms in total. The molecule has 0 bridgehead atoms. The molecular weight excluding hydrogens is 491 g/mol. The van der Waals surface area contributed by atoms with Crippen molar-refractivity contribution >= 4 is 56.7 Å². The van der Waals surface area contributed by atoms with Crippen LogP contribution in [0.4, 0.5) is 11.4 Å². The van der Waals surface area contributed by atoms with Gasteiger partial charge in [-0.1, -0.05) is 59.6 Å². The predicted molar refractivity (Wildman–Crippen MR) is 126 cm³/mol. The lowest BCUT2D eigenvalue weighted by atomic mass is 10.2. The van der Waals surface area contributed by atoms with Crippen LogP contribution in [-0.2, 0) is 14.8 Å². The van der Waals surface area contributed by atoms with Gasteiger partial charge in [-0.25, -0.2) is 13.8 Å². The van der Waals surface area contributed by atoms with Crippen molar-refractivity contribution in [3.63, 3.8) is 0 Å². The van der Waals surface area contributed by atoms with Gasteiger partial charge in [0.05, 0.1) is 31.8 Å². The van der Waals surface area contributed by atoms with Crippen molar-refractivity contribution in [1.82, 2.24) is 5.43 Å². The molecule has 3 rings (SSSR count). The normalized spacial score (nSPS) is 11.3. The Morgan fingerprint density at radius 1 is 1.06 bits per heavy atom. The minimum Gasteiger partial charge on any atom is -0.271 e. The van der Waals surface area contributed by atoms with Crippen LogP contribution in [0, 0.1) is 10.1 Å². The molecule has 0 saturated heterocycles. The van der Waals surface area contributed by atoms with Crippen LogP contribution in [0.1, 0.15) is 5.56 Å². The fourth-order valence-corrected chi connectivity index (χ4v) is 4.67. The molecular formula is C21H16Cl2N4O5S. The van der Waals surface area contributed by atoms with Gasteiger partial charge in [-0.15, -0.1) is 0 Å². The Morgan fingerprint density at radius 3 is 2.45 bits per heavy atom. The van der Waals surface area contributed by atoms with E-state index in [0.717, 1.165) is 4.31 Å². The summed E-state index contributed by atoms with van der Waals surface area (Å²) in [5, 5.41) is 14.7. The molecule has 0 radical (unpaired) electrons. The van der Waals surface area contributed by atoms with Crippen LogP contribution in [0.2, 0.25) is 10.0 Å². The maximum absolute atomic E-state index is 13.3. The van der Waals surface area contributed by atoms with Crippen molar-refractivity contribution < 1.29 is 18.1 Å². The molecule has 3 aromatic rings. The summed E-state index contributed by atoms with van der Waals surface area (Å²) in [5.74, 6) is -0.771. The summed E-state index contributed by atoms with van der Waals surface area (Å²) in [7, 11) is -4.18. The van der Waals surface area contributed by atoms with Crippen LogP contribution >= 0.6 is 23.2 Å². The zero-order chi connectivity index (χ0) is 24.0. The highest BCUT2D eigenvalue weighted by molar-refractivity contribution is 7.92. The third-order valence-electron chi connectivity index (χ3n) is 4.30. The highest BCUT2D eigenvalue weighted by Gasteiger charge is 2.29. The van der Waals surface area contributed by atoms with E-state index in [0.29, 0.717) is 5.56 Å². The van der Waals surface area contributed by atoms with Gasteiger partial charge in [0.2, 0.25) is 0 Å². The molecule has 33 heavy (non-hydrogen) atoms. The third-order valence-corrected chi connectivity index (χ3v) is 6.89. The van der Waals surface area contributed by atoms with Crippen molar-refractivity contribution in [2.24, 2.45) is 5.10 Å². The first-order valence-electron chi connectivity index (χ1n) is 9.28. The van der Waals surface area contributed by atoms with Gasteiger partial charge >= 0.3 is 0 Å². The second-order valence-corrected chi connectivity index (χ2v) is 9.19. The van der Waals surface area contributed by atoms with Crippen LogP contribution < -0.4 is 9.73 Å². The monoisotopic (exact) mass is 506 g/mol. The number of non-ortho nitro benzene ring substituents is 1. The minimum absolute atomic E-state index is 0.0193. The number of nitrogens with zero attached hydrogens (tertiary/aromatic N) is 3. The average Bonchev–Trinajstić information content (AvgIpc) is 2.80. The minimum atomic E-state index is -4.18. The predicted octanol–water partition coefficient (Wildman–Crippen LogP) is 4.25. The molecule has 0 aliphatic rings. The Hall–Kier alpha value is -3.47. The second-order valence-electron chi connectivity index (χ2n) is 6.54. The topological polar surface area (TPSA) is 122 Å². The number of benzene rings is 3. The number of carbonyl (C=O) groups excluding carboxylic acids is 1. The van der Waals surface area contributed by atoms with E-state index >= 15 is 0 Å². The molecule has 170 valence electrons. The lowest BCUT2D eigenvalue weighted by Gasteiger charge is -2.24. The Kier molecular flexibility index (Phi) is 7.64. The Bertz CT molecular complexity index is 1320. The standard InChI is InChI=1S/C21H16Cl2N4O5S/c22-18-10-5-11-19(21(18)23)26(33(31,32)17-8-2-1-3-9-17)14-20(28)25-24-13-15-6-4-7-16(12-15)27(29)30/h1-13H,14H2,(H,25,28)/b24-13+. The van der Waals surface area contributed by atoms with Crippen LogP contribution in [0.3, 0.4) is 0 Å². The van der Waals surface area contributed by atoms with Gasteiger partial charge in [-0.2, -0.15) is 5.10 Å². The van der Waals surface area contributed by atoms with Crippen molar-refractivity contribution in [1.29, 1.82) is 0 Å². The number of nitro groups is 1. The number of hydrogen-bond donors (Lipinski definition) is 1. The number of sulfonamides is 1. The van der Waals surface area contributed by atoms with Crippen LogP contribution in [-0.4, -0.2) is 32.0 Å². The molecule has 0 unspecified atom stereocenters. The maximum atomic E-state index is 13.3. The molecule has 0 aliphatic carbocycles. The van der Waals surface area contributed by atoms with Gasteiger partial charge in [0.1, 0.15) is 6.54 Å². The van der Waals surface area contributed by atoms with E-state index in [1.165, 1.54) is 54.7 Å². The molecule has 0 atom stereocenters. The van der Waals surface area contributed by atoms with Crippen LogP contribution in [0.25, 0.3) is 0 Å².